The number of aliphatic imine (C=N–C) groups is 1. The number of ether oxygens (including phenoxy) is 1. The fraction of sp³-hybridized carbons (Fsp3) is 0.311. The van der Waals surface area contributed by atoms with E-state index in [1.165, 1.54) is 54.9 Å². The maximum Gasteiger partial charge on any atom is 0.216 e. The molecule has 0 radical (unpaired) electrons. The molecule has 0 unspecified atom stereocenters. The smallest absolute Gasteiger partial charge is 0.216 e. The van der Waals surface area contributed by atoms with Gasteiger partial charge in [-0.2, -0.15) is 0 Å². The van der Waals surface area contributed by atoms with E-state index in [1.54, 1.807) is 5.56 Å². The summed E-state index contributed by atoms with van der Waals surface area (Å²) in [6.45, 7) is 15.1. The van der Waals surface area contributed by atoms with Gasteiger partial charge in [-0.05, 0) is 102 Å². The molecule has 0 saturated carbocycles. The quantitative estimate of drug-likeness (QED) is 0.169. The molecule has 3 aliphatic rings. The molecule has 0 N–H and O–H groups in total. The molecule has 0 aromatic heterocycles. The fourth-order valence-corrected chi connectivity index (χ4v) is 12.0. The zero-order valence-electron chi connectivity index (χ0n) is 29.2. The zero-order valence-corrected chi connectivity index (χ0v) is 30.1. The molecule has 0 bridgehead atoms. The molecule has 3 heteroatoms. The summed E-state index contributed by atoms with van der Waals surface area (Å²) in [7, 11) is -0.792. The number of hydrogen-bond acceptors (Lipinski definition) is 2. The molecule has 0 saturated heterocycles. The van der Waals surface area contributed by atoms with Gasteiger partial charge >= 0.3 is 0 Å². The number of hydrogen-bond donors (Lipinski definition) is 0. The van der Waals surface area contributed by atoms with Crippen LogP contribution in [0, 0.1) is 13.8 Å². The second-order valence-corrected chi connectivity index (χ2v) is 17.9. The first-order valence-corrected chi connectivity index (χ1v) is 18.9. The third-order valence-electron chi connectivity index (χ3n) is 11.0. The van der Waals surface area contributed by atoms with E-state index < -0.39 is 7.92 Å². The molecule has 0 fully saturated rings. The Morgan fingerprint density at radius 1 is 0.667 bits per heavy atom. The van der Waals surface area contributed by atoms with E-state index >= 15 is 0 Å². The molecule has 0 amide bonds. The minimum atomic E-state index is -0.792. The van der Waals surface area contributed by atoms with E-state index in [1.807, 2.05) is 0 Å². The Kier molecular flexibility index (Phi) is 7.53. The standard InChI is InChI=1S/C45H46NOP/c1-30-22-36(42-46-33(27-47-42)26-32-16-10-7-11-17-32)40-37(23-30)43(3,4)28-45(40)29-44(5,6)38-24-31(2)25-39(41(38)45)48(34-18-12-8-13-19-34)35-20-14-9-15-21-35/h7-25,33H,26-29H2,1-6H3/t33-,45-/m0/s1. The Balaban J connectivity index is 1.38. The van der Waals surface area contributed by atoms with Crippen molar-refractivity contribution in [1.82, 2.24) is 0 Å². The summed E-state index contributed by atoms with van der Waals surface area (Å²) in [6.07, 6.45) is 3.05. The van der Waals surface area contributed by atoms with Gasteiger partial charge < -0.3 is 4.74 Å². The molecule has 48 heavy (non-hydrogen) atoms. The van der Waals surface area contributed by atoms with Crippen molar-refractivity contribution in [2.45, 2.75) is 83.1 Å². The second-order valence-electron chi connectivity index (χ2n) is 15.7. The Morgan fingerprint density at radius 2 is 1.19 bits per heavy atom. The number of nitrogens with zero attached hydrogens (tertiary/aromatic N) is 1. The van der Waals surface area contributed by atoms with E-state index in [2.05, 4.69) is 157 Å². The van der Waals surface area contributed by atoms with Gasteiger partial charge in [-0.15, -0.1) is 0 Å². The normalized spacial score (nSPS) is 21.6. The molecule has 5 aromatic carbocycles. The van der Waals surface area contributed by atoms with Crippen LogP contribution in [0.1, 0.15) is 85.0 Å². The maximum absolute atomic E-state index is 6.60. The molecular weight excluding hydrogens is 601 g/mol. The third kappa shape index (κ3) is 5.16. The van der Waals surface area contributed by atoms with Crippen LogP contribution in [0.25, 0.3) is 0 Å². The van der Waals surface area contributed by atoms with Crippen LogP contribution in [0.2, 0.25) is 0 Å². The highest BCUT2D eigenvalue weighted by Gasteiger charge is 2.59. The lowest BCUT2D eigenvalue weighted by molar-refractivity contribution is 0.315. The van der Waals surface area contributed by atoms with Gasteiger partial charge in [0.15, 0.2) is 0 Å². The van der Waals surface area contributed by atoms with Gasteiger partial charge in [0.1, 0.15) is 6.61 Å². The van der Waals surface area contributed by atoms with Gasteiger partial charge in [0.05, 0.1) is 6.04 Å². The number of benzene rings is 5. The van der Waals surface area contributed by atoms with Crippen molar-refractivity contribution in [2.24, 2.45) is 4.99 Å². The van der Waals surface area contributed by atoms with Crippen molar-refractivity contribution in [3.8, 4) is 0 Å². The van der Waals surface area contributed by atoms with Crippen LogP contribution in [-0.4, -0.2) is 18.5 Å². The average molecular weight is 648 g/mol. The molecule has 2 nitrogen and oxygen atoms in total. The second kappa shape index (κ2) is 11.6. The van der Waals surface area contributed by atoms with E-state index in [0.717, 1.165) is 25.2 Å². The number of fused-ring (bicyclic) bond motifs is 4. The molecule has 1 aliphatic heterocycles. The SMILES string of the molecule is Cc1cc(C2=N[C@@H](Cc3ccccc3)CO2)c2c(c1)C(C)(C)C[C@]21CC(C)(C)c2cc(C)cc(P(c3ccccc3)c3ccccc3)c21. The van der Waals surface area contributed by atoms with Crippen molar-refractivity contribution in [1.29, 1.82) is 0 Å². The molecule has 5 aromatic rings. The van der Waals surface area contributed by atoms with Crippen LogP contribution >= 0.6 is 7.92 Å². The van der Waals surface area contributed by atoms with Crippen molar-refractivity contribution in [3.63, 3.8) is 0 Å². The minimum Gasteiger partial charge on any atom is -0.475 e. The van der Waals surface area contributed by atoms with Crippen LogP contribution in [0.15, 0.2) is 120 Å². The molecule has 2 aliphatic carbocycles. The molecule has 242 valence electrons. The maximum atomic E-state index is 6.60. The van der Waals surface area contributed by atoms with Crippen LogP contribution in [0.5, 0.6) is 0 Å². The summed E-state index contributed by atoms with van der Waals surface area (Å²) >= 11 is 0. The monoisotopic (exact) mass is 647 g/mol. The highest BCUT2D eigenvalue weighted by atomic mass is 31.1. The van der Waals surface area contributed by atoms with Crippen LogP contribution < -0.4 is 15.9 Å². The van der Waals surface area contributed by atoms with Crippen LogP contribution in [-0.2, 0) is 27.4 Å². The third-order valence-corrected chi connectivity index (χ3v) is 13.4. The Morgan fingerprint density at radius 3 is 1.77 bits per heavy atom. The van der Waals surface area contributed by atoms with E-state index in [9.17, 15) is 0 Å². The Labute approximate surface area is 288 Å². The van der Waals surface area contributed by atoms with Crippen molar-refractivity contribution in [2.75, 3.05) is 6.61 Å². The van der Waals surface area contributed by atoms with Crippen molar-refractivity contribution < 1.29 is 4.74 Å². The van der Waals surface area contributed by atoms with Crippen LogP contribution in [0.4, 0.5) is 0 Å². The molecule has 8 rings (SSSR count). The van der Waals surface area contributed by atoms with Gasteiger partial charge in [0.2, 0.25) is 5.90 Å². The van der Waals surface area contributed by atoms with Crippen molar-refractivity contribution in [3.05, 3.63) is 160 Å². The lowest BCUT2D eigenvalue weighted by Gasteiger charge is -2.34. The Hall–Kier alpha value is -4.00. The average Bonchev–Trinajstić information content (AvgIpc) is 3.68. The predicted octanol–water partition coefficient (Wildman–Crippen LogP) is 9.10. The lowest BCUT2D eigenvalue weighted by Crippen LogP contribution is -2.34. The van der Waals surface area contributed by atoms with Crippen LogP contribution in [0.3, 0.4) is 0 Å². The van der Waals surface area contributed by atoms with Gasteiger partial charge in [-0.25, -0.2) is 4.99 Å². The van der Waals surface area contributed by atoms with Crippen molar-refractivity contribution >= 4 is 29.7 Å². The number of aryl methyl sites for hydroxylation is 2. The zero-order chi connectivity index (χ0) is 33.3. The first-order chi connectivity index (χ1) is 23.1. The topological polar surface area (TPSA) is 21.6 Å². The molecule has 2 atom stereocenters. The summed E-state index contributed by atoms with van der Waals surface area (Å²) in [5, 5.41) is 4.31. The fourth-order valence-electron chi connectivity index (χ4n) is 9.36. The minimum absolute atomic E-state index is 0.000797. The van der Waals surface area contributed by atoms with E-state index in [-0.39, 0.29) is 22.3 Å². The van der Waals surface area contributed by atoms with Gasteiger partial charge in [0.25, 0.3) is 0 Å². The largest absolute Gasteiger partial charge is 0.475 e. The molecule has 1 heterocycles. The summed E-state index contributed by atoms with van der Waals surface area (Å²) in [4.78, 5) is 5.33. The first-order valence-electron chi connectivity index (χ1n) is 17.5. The summed E-state index contributed by atoms with van der Waals surface area (Å²) < 4.78 is 6.60. The number of rotatable bonds is 6. The highest BCUT2D eigenvalue weighted by molar-refractivity contribution is 7.80. The Bertz CT molecular complexity index is 1990. The molecule has 1 spiro atoms. The van der Waals surface area contributed by atoms with Gasteiger partial charge in [0, 0.05) is 11.0 Å². The van der Waals surface area contributed by atoms with E-state index in [0.29, 0.717) is 6.61 Å². The van der Waals surface area contributed by atoms with Gasteiger partial charge in [-0.1, -0.05) is 148 Å². The van der Waals surface area contributed by atoms with E-state index in [4.69, 9.17) is 9.73 Å². The highest BCUT2D eigenvalue weighted by Crippen LogP contribution is 2.64. The summed E-state index contributed by atoms with van der Waals surface area (Å²) in [5.41, 5.74) is 11.0. The molecular formula is C45H46NOP. The lowest BCUT2D eigenvalue weighted by atomic mass is 9.71. The summed E-state index contributed by atoms with van der Waals surface area (Å²) in [6, 6.07) is 43.2. The van der Waals surface area contributed by atoms with Gasteiger partial charge in [-0.3, -0.25) is 0 Å². The summed E-state index contributed by atoms with van der Waals surface area (Å²) in [5.74, 6) is 0.834. The predicted molar refractivity (Wildman–Crippen MR) is 204 cm³/mol. The first kappa shape index (κ1) is 31.3.